The summed E-state index contributed by atoms with van der Waals surface area (Å²) in [6.45, 7) is 0.849. The molecule has 1 saturated carbocycles. The molecule has 0 aromatic carbocycles. The molecule has 0 unspecified atom stereocenters. The molecule has 1 saturated heterocycles. The molecule has 126 valence electrons. The molecule has 1 atom stereocenters. The van der Waals surface area contributed by atoms with Gasteiger partial charge in [-0.05, 0) is 25.7 Å². The molecule has 1 aliphatic carbocycles. The second kappa shape index (κ2) is 6.71. The van der Waals surface area contributed by atoms with Crippen LogP contribution in [0.2, 0.25) is 0 Å². The Morgan fingerprint density at radius 1 is 1.04 bits per heavy atom. The van der Waals surface area contributed by atoms with E-state index in [4.69, 9.17) is 0 Å². The molecule has 1 amide bonds. The maximum atomic E-state index is 12.9. The number of aromatic nitrogens is 4. The van der Waals surface area contributed by atoms with Crippen LogP contribution in [0.1, 0.15) is 56.7 Å². The van der Waals surface area contributed by atoms with Crippen molar-refractivity contribution >= 4 is 5.91 Å². The number of hydrogen-bond donors (Lipinski definition) is 1. The Kier molecular flexibility index (Phi) is 4.28. The highest BCUT2D eigenvalue weighted by atomic mass is 16.2. The molecule has 0 bridgehead atoms. The molecule has 3 heterocycles. The van der Waals surface area contributed by atoms with E-state index in [9.17, 15) is 4.79 Å². The number of imidazole rings is 1. The maximum Gasteiger partial charge on any atom is 0.226 e. The highest BCUT2D eigenvalue weighted by molar-refractivity contribution is 5.79. The van der Waals surface area contributed by atoms with E-state index in [2.05, 4.69) is 19.9 Å². The third kappa shape index (κ3) is 2.92. The normalized spacial score (nSPS) is 22.0. The van der Waals surface area contributed by atoms with Gasteiger partial charge in [0.05, 0.1) is 24.1 Å². The lowest BCUT2D eigenvalue weighted by atomic mass is 9.88. The van der Waals surface area contributed by atoms with Gasteiger partial charge in [-0.1, -0.05) is 19.3 Å². The van der Waals surface area contributed by atoms with Crippen LogP contribution in [-0.4, -0.2) is 37.3 Å². The zero-order valence-corrected chi connectivity index (χ0v) is 13.8. The smallest absolute Gasteiger partial charge is 0.226 e. The van der Waals surface area contributed by atoms with Gasteiger partial charge in [-0.2, -0.15) is 0 Å². The first-order valence-corrected chi connectivity index (χ1v) is 8.95. The van der Waals surface area contributed by atoms with Crippen LogP contribution in [0.5, 0.6) is 0 Å². The van der Waals surface area contributed by atoms with Crippen molar-refractivity contribution in [1.82, 2.24) is 24.8 Å². The standard InChI is InChI=1S/C18H23N5O/c24-18(13-5-2-1-3-6-13)23-10-4-7-16(23)14-11-22-15(12-21-14)17-19-8-9-20-17/h8-9,11-13,16H,1-7,10H2,(H,19,20)/t16-/m1/s1. The molecule has 24 heavy (non-hydrogen) atoms. The fraction of sp³-hybridized carbons (Fsp3) is 0.556. The number of hydrogen-bond acceptors (Lipinski definition) is 4. The van der Waals surface area contributed by atoms with Crippen LogP contribution >= 0.6 is 0 Å². The lowest BCUT2D eigenvalue weighted by molar-refractivity contribution is -0.137. The van der Waals surface area contributed by atoms with E-state index in [0.717, 1.165) is 49.4 Å². The van der Waals surface area contributed by atoms with E-state index in [0.29, 0.717) is 5.91 Å². The molecule has 1 N–H and O–H groups in total. The van der Waals surface area contributed by atoms with Crippen LogP contribution in [0, 0.1) is 5.92 Å². The number of aromatic amines is 1. The van der Waals surface area contributed by atoms with Crippen LogP contribution in [0.25, 0.3) is 11.5 Å². The van der Waals surface area contributed by atoms with Crippen molar-refractivity contribution in [3.8, 4) is 11.5 Å². The highest BCUT2D eigenvalue weighted by Gasteiger charge is 2.35. The first-order valence-electron chi connectivity index (χ1n) is 8.95. The highest BCUT2D eigenvalue weighted by Crippen LogP contribution is 2.35. The number of nitrogens with one attached hydrogen (secondary N) is 1. The Bertz CT molecular complexity index is 676. The molecule has 6 heteroatoms. The summed E-state index contributed by atoms with van der Waals surface area (Å²) in [5, 5.41) is 0. The third-order valence-corrected chi connectivity index (χ3v) is 5.24. The minimum atomic E-state index is 0.0811. The molecule has 2 aromatic heterocycles. The number of H-pyrrole nitrogens is 1. The lowest BCUT2D eigenvalue weighted by Gasteiger charge is -2.30. The van der Waals surface area contributed by atoms with Gasteiger partial charge in [0.1, 0.15) is 5.69 Å². The number of rotatable bonds is 3. The van der Waals surface area contributed by atoms with Gasteiger partial charge in [0.15, 0.2) is 5.82 Å². The van der Waals surface area contributed by atoms with Gasteiger partial charge >= 0.3 is 0 Å². The van der Waals surface area contributed by atoms with E-state index in [1.54, 1.807) is 24.8 Å². The Morgan fingerprint density at radius 3 is 2.62 bits per heavy atom. The second-order valence-corrected chi connectivity index (χ2v) is 6.79. The van der Waals surface area contributed by atoms with Crippen molar-refractivity contribution in [3.05, 3.63) is 30.5 Å². The van der Waals surface area contributed by atoms with Crippen LogP contribution < -0.4 is 0 Å². The molecular formula is C18H23N5O. The van der Waals surface area contributed by atoms with Gasteiger partial charge in [0, 0.05) is 24.9 Å². The van der Waals surface area contributed by atoms with Crippen molar-refractivity contribution in [2.45, 2.75) is 51.0 Å². The molecule has 4 rings (SSSR count). The number of amides is 1. The minimum absolute atomic E-state index is 0.0811. The zero-order chi connectivity index (χ0) is 16.4. The second-order valence-electron chi connectivity index (χ2n) is 6.79. The summed E-state index contributed by atoms with van der Waals surface area (Å²) in [4.78, 5) is 31.2. The van der Waals surface area contributed by atoms with Crippen molar-refractivity contribution in [2.24, 2.45) is 5.92 Å². The molecule has 6 nitrogen and oxygen atoms in total. The summed E-state index contributed by atoms with van der Waals surface area (Å²) in [5.41, 5.74) is 1.62. The number of nitrogens with zero attached hydrogens (tertiary/aromatic N) is 4. The third-order valence-electron chi connectivity index (χ3n) is 5.24. The van der Waals surface area contributed by atoms with Crippen LogP contribution in [0.15, 0.2) is 24.8 Å². The van der Waals surface area contributed by atoms with Crippen molar-refractivity contribution in [2.75, 3.05) is 6.54 Å². The first-order chi connectivity index (χ1) is 11.8. The largest absolute Gasteiger partial charge is 0.343 e. The summed E-state index contributed by atoms with van der Waals surface area (Å²) in [6, 6.07) is 0.0811. The Labute approximate surface area is 141 Å². The molecule has 2 aliphatic rings. The summed E-state index contributed by atoms with van der Waals surface area (Å²) in [6.07, 6.45) is 14.8. The molecule has 0 spiro atoms. The fourth-order valence-electron chi connectivity index (χ4n) is 3.96. The number of likely N-dealkylation sites (tertiary alicyclic amines) is 1. The van der Waals surface area contributed by atoms with Crippen LogP contribution in [0.4, 0.5) is 0 Å². The first kappa shape index (κ1) is 15.3. The van der Waals surface area contributed by atoms with E-state index in [-0.39, 0.29) is 12.0 Å². The number of carbonyl (C=O) groups excluding carboxylic acids is 1. The Hall–Kier alpha value is -2.24. The van der Waals surface area contributed by atoms with Crippen LogP contribution in [-0.2, 0) is 4.79 Å². The Morgan fingerprint density at radius 2 is 1.92 bits per heavy atom. The van der Waals surface area contributed by atoms with E-state index in [1.807, 2.05) is 4.90 Å². The van der Waals surface area contributed by atoms with Crippen molar-refractivity contribution < 1.29 is 4.79 Å². The minimum Gasteiger partial charge on any atom is -0.343 e. The molecule has 0 radical (unpaired) electrons. The van der Waals surface area contributed by atoms with Gasteiger partial charge < -0.3 is 9.88 Å². The van der Waals surface area contributed by atoms with E-state index < -0.39 is 0 Å². The van der Waals surface area contributed by atoms with Crippen molar-refractivity contribution in [1.29, 1.82) is 0 Å². The van der Waals surface area contributed by atoms with Crippen molar-refractivity contribution in [3.63, 3.8) is 0 Å². The van der Waals surface area contributed by atoms with Gasteiger partial charge in [0.2, 0.25) is 5.91 Å². The van der Waals surface area contributed by atoms with Gasteiger partial charge in [-0.3, -0.25) is 9.78 Å². The van der Waals surface area contributed by atoms with Gasteiger partial charge in [-0.25, -0.2) is 9.97 Å². The fourth-order valence-corrected chi connectivity index (χ4v) is 3.96. The topological polar surface area (TPSA) is 74.8 Å². The van der Waals surface area contributed by atoms with Gasteiger partial charge in [-0.15, -0.1) is 0 Å². The predicted molar refractivity (Wildman–Crippen MR) is 89.9 cm³/mol. The summed E-state index contributed by atoms with van der Waals surface area (Å²) in [5.74, 6) is 1.26. The average Bonchev–Trinajstić information content (AvgIpc) is 3.34. The summed E-state index contributed by atoms with van der Waals surface area (Å²) >= 11 is 0. The molecule has 1 aliphatic heterocycles. The predicted octanol–water partition coefficient (Wildman–Crippen LogP) is 3.11. The Balaban J connectivity index is 1.51. The molecule has 2 aromatic rings. The molecular weight excluding hydrogens is 302 g/mol. The SMILES string of the molecule is O=C(C1CCCCC1)N1CCC[C@@H]1c1cnc(-c2ncc[nH]2)cn1. The lowest BCUT2D eigenvalue weighted by Crippen LogP contribution is -2.36. The quantitative estimate of drug-likeness (QED) is 0.941. The number of carbonyl (C=O) groups is 1. The van der Waals surface area contributed by atoms with E-state index >= 15 is 0 Å². The average molecular weight is 325 g/mol. The van der Waals surface area contributed by atoms with E-state index in [1.165, 1.54) is 19.3 Å². The summed E-state index contributed by atoms with van der Waals surface area (Å²) < 4.78 is 0. The summed E-state index contributed by atoms with van der Waals surface area (Å²) in [7, 11) is 0. The zero-order valence-electron chi connectivity index (χ0n) is 13.8. The van der Waals surface area contributed by atoms with Gasteiger partial charge in [0.25, 0.3) is 0 Å². The monoisotopic (exact) mass is 325 g/mol. The van der Waals surface area contributed by atoms with Crippen LogP contribution in [0.3, 0.4) is 0 Å². The maximum absolute atomic E-state index is 12.9. The molecule has 2 fully saturated rings.